The predicted octanol–water partition coefficient (Wildman–Crippen LogP) is 4.24. The molecule has 0 aliphatic heterocycles. The van der Waals surface area contributed by atoms with Gasteiger partial charge in [0.15, 0.2) is 6.61 Å². The Balaban J connectivity index is 1.86. The van der Waals surface area contributed by atoms with Gasteiger partial charge >= 0.3 is 0 Å². The van der Waals surface area contributed by atoms with Crippen LogP contribution < -0.4 is 10.1 Å². The normalized spacial score (nSPS) is 11.6. The maximum Gasteiger partial charge on any atom is 0.262 e. The molecule has 28 heavy (non-hydrogen) atoms. The molecule has 1 atom stereocenters. The van der Waals surface area contributed by atoms with Crippen LogP contribution in [-0.2, 0) is 16.0 Å². The molecule has 2 rings (SSSR count). The van der Waals surface area contributed by atoms with Gasteiger partial charge in [-0.3, -0.25) is 9.59 Å². The molecule has 0 spiro atoms. The Kier molecular flexibility index (Phi) is 8.05. The van der Waals surface area contributed by atoms with Crippen LogP contribution in [0.15, 0.2) is 48.5 Å². The van der Waals surface area contributed by atoms with E-state index in [1.54, 1.807) is 19.0 Å². The molecule has 0 aliphatic carbocycles. The summed E-state index contributed by atoms with van der Waals surface area (Å²) in [7, 11) is 3.51. The summed E-state index contributed by atoms with van der Waals surface area (Å²) in [4.78, 5) is 25.5. The highest BCUT2D eigenvalue weighted by Gasteiger charge is 2.11. The van der Waals surface area contributed by atoms with Crippen LogP contribution in [0.4, 0.5) is 5.69 Å². The first-order valence-corrected chi connectivity index (χ1v) is 9.71. The average molecular weight is 383 g/mol. The lowest BCUT2D eigenvalue weighted by atomic mass is 9.98. The van der Waals surface area contributed by atoms with E-state index in [4.69, 9.17) is 4.74 Å². The van der Waals surface area contributed by atoms with Gasteiger partial charge in [0.05, 0.1) is 0 Å². The van der Waals surface area contributed by atoms with E-state index in [1.807, 2.05) is 48.5 Å². The number of ether oxygens (including phenoxy) is 1. The number of para-hydroxylation sites is 1. The molecule has 2 aromatic carbocycles. The smallest absolute Gasteiger partial charge is 0.262 e. The molecule has 5 nitrogen and oxygen atoms in total. The van der Waals surface area contributed by atoms with Crippen LogP contribution in [0.25, 0.3) is 0 Å². The molecule has 150 valence electrons. The van der Waals surface area contributed by atoms with Gasteiger partial charge in [-0.2, -0.15) is 0 Å². The number of benzene rings is 2. The molecule has 0 aromatic heterocycles. The van der Waals surface area contributed by atoms with Crippen molar-refractivity contribution in [3.05, 3.63) is 59.7 Å². The van der Waals surface area contributed by atoms with Crippen molar-refractivity contribution in [1.29, 1.82) is 0 Å². The van der Waals surface area contributed by atoms with Crippen molar-refractivity contribution >= 4 is 17.5 Å². The lowest BCUT2D eigenvalue weighted by Gasteiger charge is -2.15. The molecule has 1 unspecified atom stereocenters. The first-order chi connectivity index (χ1) is 13.4. The van der Waals surface area contributed by atoms with Crippen LogP contribution in [0.3, 0.4) is 0 Å². The molecular weight excluding hydrogens is 352 g/mol. The minimum atomic E-state index is -0.200. The fraction of sp³-hybridized carbons (Fsp3) is 0.391. The number of carbonyl (C=O) groups excluding carboxylic acids is 2. The molecule has 0 aliphatic rings. The third-order valence-corrected chi connectivity index (χ3v) is 4.79. The van der Waals surface area contributed by atoms with Gasteiger partial charge < -0.3 is 15.0 Å². The van der Waals surface area contributed by atoms with E-state index < -0.39 is 0 Å². The molecule has 2 aromatic rings. The van der Waals surface area contributed by atoms with E-state index in [0.717, 1.165) is 23.3 Å². The van der Waals surface area contributed by atoms with Crippen LogP contribution in [0.2, 0.25) is 0 Å². The van der Waals surface area contributed by atoms with E-state index in [9.17, 15) is 9.59 Å². The van der Waals surface area contributed by atoms with E-state index in [1.165, 1.54) is 0 Å². The van der Waals surface area contributed by atoms with Gasteiger partial charge in [-0.15, -0.1) is 0 Å². The second-order valence-electron chi connectivity index (χ2n) is 7.17. The van der Waals surface area contributed by atoms with Crippen LogP contribution in [-0.4, -0.2) is 37.4 Å². The van der Waals surface area contributed by atoms with Gasteiger partial charge in [0.2, 0.25) is 5.91 Å². The van der Waals surface area contributed by atoms with E-state index in [2.05, 4.69) is 19.2 Å². The van der Waals surface area contributed by atoms with Gasteiger partial charge in [0.25, 0.3) is 5.91 Å². The summed E-state index contributed by atoms with van der Waals surface area (Å²) in [6.45, 7) is 4.25. The van der Waals surface area contributed by atoms with E-state index >= 15 is 0 Å². The minimum absolute atomic E-state index is 0.0352. The molecule has 0 saturated heterocycles. The predicted molar refractivity (Wildman–Crippen MR) is 113 cm³/mol. The topological polar surface area (TPSA) is 58.6 Å². The Morgan fingerprint density at radius 2 is 1.75 bits per heavy atom. The first-order valence-electron chi connectivity index (χ1n) is 9.71. The summed E-state index contributed by atoms with van der Waals surface area (Å²) in [5.41, 5.74) is 2.90. The van der Waals surface area contributed by atoms with Gasteiger partial charge in [-0.1, -0.05) is 44.2 Å². The summed E-state index contributed by atoms with van der Waals surface area (Å²) >= 11 is 0. The number of carbonyl (C=O) groups is 2. The van der Waals surface area contributed by atoms with E-state index in [0.29, 0.717) is 24.4 Å². The highest BCUT2D eigenvalue weighted by molar-refractivity contribution is 5.91. The lowest BCUT2D eigenvalue weighted by molar-refractivity contribution is -0.128. The zero-order valence-corrected chi connectivity index (χ0v) is 17.2. The number of hydrogen-bond donors (Lipinski definition) is 1. The average Bonchev–Trinajstić information content (AvgIpc) is 2.71. The monoisotopic (exact) mass is 382 g/mol. The van der Waals surface area contributed by atoms with Crippen molar-refractivity contribution in [2.24, 2.45) is 0 Å². The van der Waals surface area contributed by atoms with Gasteiger partial charge in [-0.05, 0) is 48.1 Å². The zero-order chi connectivity index (χ0) is 20.5. The molecule has 0 radical (unpaired) electrons. The van der Waals surface area contributed by atoms with Crippen LogP contribution in [0, 0.1) is 0 Å². The fourth-order valence-corrected chi connectivity index (χ4v) is 2.81. The summed E-state index contributed by atoms with van der Waals surface area (Å²) in [5, 5.41) is 2.85. The fourth-order valence-electron chi connectivity index (χ4n) is 2.81. The molecule has 0 heterocycles. The van der Waals surface area contributed by atoms with Crippen molar-refractivity contribution in [2.75, 3.05) is 26.0 Å². The lowest BCUT2D eigenvalue weighted by Crippen LogP contribution is -2.22. The standard InChI is InChI=1S/C23H30N2O3/c1-5-17(2)20-8-6-7-9-21(20)28-16-22(26)24-19-13-10-18(11-14-19)12-15-23(27)25(3)4/h6-11,13-14,17H,5,12,15-16H2,1-4H3,(H,24,26). The number of nitrogens with zero attached hydrogens (tertiary/aromatic N) is 1. The summed E-state index contributed by atoms with van der Waals surface area (Å²) in [5.74, 6) is 1.04. The highest BCUT2D eigenvalue weighted by atomic mass is 16.5. The molecule has 0 fully saturated rings. The SMILES string of the molecule is CCC(C)c1ccccc1OCC(=O)Nc1ccc(CCC(=O)N(C)C)cc1. The largest absolute Gasteiger partial charge is 0.483 e. The Labute approximate surface area is 167 Å². The van der Waals surface area contributed by atoms with Gasteiger partial charge in [0.1, 0.15) is 5.75 Å². The molecular formula is C23H30N2O3. The number of rotatable bonds is 9. The maximum atomic E-state index is 12.2. The van der Waals surface area contributed by atoms with Crippen LogP contribution in [0.5, 0.6) is 5.75 Å². The van der Waals surface area contributed by atoms with Gasteiger partial charge in [-0.25, -0.2) is 0 Å². The number of aryl methyl sites for hydroxylation is 1. The van der Waals surface area contributed by atoms with Crippen LogP contribution in [0.1, 0.15) is 43.7 Å². The Bertz CT molecular complexity index is 785. The van der Waals surface area contributed by atoms with Crippen molar-refractivity contribution in [3.63, 3.8) is 0 Å². The third kappa shape index (κ3) is 6.41. The minimum Gasteiger partial charge on any atom is -0.483 e. The Morgan fingerprint density at radius 1 is 1.07 bits per heavy atom. The molecule has 0 bridgehead atoms. The summed E-state index contributed by atoms with van der Waals surface area (Å²) < 4.78 is 5.75. The second-order valence-corrected chi connectivity index (χ2v) is 7.17. The van der Waals surface area contributed by atoms with Crippen molar-refractivity contribution in [1.82, 2.24) is 4.90 Å². The number of hydrogen-bond acceptors (Lipinski definition) is 3. The number of amides is 2. The third-order valence-electron chi connectivity index (χ3n) is 4.79. The molecule has 1 N–H and O–H groups in total. The van der Waals surface area contributed by atoms with Crippen molar-refractivity contribution in [3.8, 4) is 5.75 Å². The van der Waals surface area contributed by atoms with Crippen molar-refractivity contribution in [2.45, 2.75) is 39.0 Å². The Hall–Kier alpha value is -2.82. The second kappa shape index (κ2) is 10.5. The molecule has 2 amide bonds. The van der Waals surface area contributed by atoms with E-state index in [-0.39, 0.29) is 18.4 Å². The zero-order valence-electron chi connectivity index (χ0n) is 17.2. The molecule has 5 heteroatoms. The van der Waals surface area contributed by atoms with Gasteiger partial charge in [0, 0.05) is 26.2 Å². The number of anilines is 1. The summed E-state index contributed by atoms with van der Waals surface area (Å²) in [6, 6.07) is 15.4. The first kappa shape index (κ1) is 21.5. The highest BCUT2D eigenvalue weighted by Crippen LogP contribution is 2.28. The maximum absolute atomic E-state index is 12.2. The number of nitrogens with one attached hydrogen (secondary N) is 1. The Morgan fingerprint density at radius 3 is 2.39 bits per heavy atom. The van der Waals surface area contributed by atoms with Crippen molar-refractivity contribution < 1.29 is 14.3 Å². The quantitative estimate of drug-likeness (QED) is 0.706. The summed E-state index contributed by atoms with van der Waals surface area (Å²) in [6.07, 6.45) is 2.17. The molecule has 0 saturated carbocycles. The van der Waals surface area contributed by atoms with Crippen LogP contribution >= 0.6 is 0 Å².